The molecule has 0 saturated heterocycles. The van der Waals surface area contributed by atoms with E-state index < -0.39 is 0 Å². The summed E-state index contributed by atoms with van der Waals surface area (Å²) in [5, 5.41) is 2.15. The number of hydrogen-bond acceptors (Lipinski definition) is 3. The van der Waals surface area contributed by atoms with E-state index in [9.17, 15) is 0 Å². The lowest BCUT2D eigenvalue weighted by molar-refractivity contribution is 0.363. The molecule has 0 aliphatic carbocycles. The lowest BCUT2D eigenvalue weighted by Gasteiger charge is -2.14. The van der Waals surface area contributed by atoms with E-state index >= 15 is 0 Å². The van der Waals surface area contributed by atoms with E-state index in [2.05, 4.69) is 78.4 Å². The number of nitrogens with zero attached hydrogens (tertiary/aromatic N) is 3. The molecular weight excluding hydrogens is 490 g/mol. The molecule has 6 aromatic rings. The third kappa shape index (κ3) is 4.61. The monoisotopic (exact) mass is 519 g/mol. The molecule has 0 spiro atoms. The minimum Gasteiger partial charge on any atom is -0.489 e. The number of rotatable bonds is 8. The largest absolute Gasteiger partial charge is 0.489 e. The van der Waals surface area contributed by atoms with E-state index in [1.807, 2.05) is 61.5 Å². The van der Waals surface area contributed by atoms with Gasteiger partial charge >= 0.3 is 0 Å². The minimum absolute atomic E-state index is 0.406. The average molecular weight is 520 g/mol. The number of benzene rings is 4. The van der Waals surface area contributed by atoms with Crippen LogP contribution in [0.25, 0.3) is 55.8 Å². The average Bonchev–Trinajstić information content (AvgIpc) is 3.33. The first kappa shape index (κ1) is 25.1. The van der Waals surface area contributed by atoms with Crippen LogP contribution in [0, 0.1) is 0 Å². The molecule has 4 aromatic carbocycles. The Kier molecular flexibility index (Phi) is 6.82. The number of allylic oxidation sites excluding steroid dienone is 3. The molecule has 0 unspecified atom stereocenters. The summed E-state index contributed by atoms with van der Waals surface area (Å²) >= 11 is 0. The Balaban J connectivity index is 1.68. The van der Waals surface area contributed by atoms with Gasteiger partial charge in [0, 0.05) is 27.5 Å². The van der Waals surface area contributed by atoms with E-state index in [1.165, 1.54) is 0 Å². The van der Waals surface area contributed by atoms with Gasteiger partial charge in [-0.1, -0.05) is 110 Å². The van der Waals surface area contributed by atoms with Gasteiger partial charge in [0.05, 0.1) is 22.4 Å². The predicted molar refractivity (Wildman–Crippen MR) is 167 cm³/mol. The van der Waals surface area contributed by atoms with Crippen molar-refractivity contribution < 1.29 is 4.74 Å². The summed E-state index contributed by atoms with van der Waals surface area (Å²) in [6, 6.07) is 35.1. The molecule has 0 N–H and O–H groups in total. The van der Waals surface area contributed by atoms with Gasteiger partial charge in [-0.15, -0.1) is 0 Å². The zero-order valence-electron chi connectivity index (χ0n) is 22.4. The van der Waals surface area contributed by atoms with E-state index in [1.54, 1.807) is 6.08 Å². The maximum absolute atomic E-state index is 6.13. The molecular formula is C36H29N3O. The summed E-state index contributed by atoms with van der Waals surface area (Å²) in [4.78, 5) is 10.3. The fourth-order valence-electron chi connectivity index (χ4n) is 5.07. The molecule has 0 aliphatic heterocycles. The Hall–Kier alpha value is -5.22. The molecule has 2 aromatic heterocycles. The third-order valence-electron chi connectivity index (χ3n) is 6.90. The zero-order chi connectivity index (χ0) is 27.5. The van der Waals surface area contributed by atoms with Gasteiger partial charge < -0.3 is 4.74 Å². The van der Waals surface area contributed by atoms with Crippen molar-refractivity contribution in [1.82, 2.24) is 14.5 Å². The van der Waals surface area contributed by atoms with Crippen LogP contribution in [0.15, 0.2) is 135 Å². The fraction of sp³-hybridized carbons (Fsp3) is 0.0556. The van der Waals surface area contributed by atoms with Crippen molar-refractivity contribution in [1.29, 1.82) is 0 Å². The van der Waals surface area contributed by atoms with Crippen LogP contribution in [0.3, 0.4) is 0 Å². The van der Waals surface area contributed by atoms with Gasteiger partial charge in [-0.25, -0.2) is 9.97 Å². The van der Waals surface area contributed by atoms with Crippen molar-refractivity contribution in [2.45, 2.75) is 6.92 Å². The SMILES string of the molecule is C=CCOc1cc2c3ccccc3n(-c3nc(-c4ccccc4)cc(-c4ccccc4)n3)c2cc1C(=C)/C=C\C. The molecule has 194 valence electrons. The van der Waals surface area contributed by atoms with Gasteiger partial charge in [0.1, 0.15) is 12.4 Å². The van der Waals surface area contributed by atoms with Gasteiger partial charge in [0.25, 0.3) is 0 Å². The molecule has 4 heteroatoms. The molecule has 0 aliphatic rings. The number of para-hydroxylation sites is 1. The van der Waals surface area contributed by atoms with Crippen LogP contribution in [-0.4, -0.2) is 21.1 Å². The highest BCUT2D eigenvalue weighted by Crippen LogP contribution is 2.38. The second kappa shape index (κ2) is 10.9. The van der Waals surface area contributed by atoms with Gasteiger partial charge in [0.15, 0.2) is 0 Å². The summed E-state index contributed by atoms with van der Waals surface area (Å²) in [6.07, 6.45) is 5.73. The minimum atomic E-state index is 0.406. The van der Waals surface area contributed by atoms with E-state index in [0.29, 0.717) is 12.6 Å². The van der Waals surface area contributed by atoms with Crippen LogP contribution >= 0.6 is 0 Å². The first-order valence-electron chi connectivity index (χ1n) is 13.3. The van der Waals surface area contributed by atoms with Crippen LogP contribution in [0.2, 0.25) is 0 Å². The quantitative estimate of drug-likeness (QED) is 0.149. The van der Waals surface area contributed by atoms with E-state index in [0.717, 1.165) is 61.2 Å². The maximum Gasteiger partial charge on any atom is 0.235 e. The summed E-state index contributed by atoms with van der Waals surface area (Å²) in [6.45, 7) is 10.5. The normalized spacial score (nSPS) is 11.3. The lowest BCUT2D eigenvalue weighted by atomic mass is 10.0. The van der Waals surface area contributed by atoms with Crippen LogP contribution in [0.1, 0.15) is 12.5 Å². The summed E-state index contributed by atoms with van der Waals surface area (Å²) in [7, 11) is 0. The predicted octanol–water partition coefficient (Wildman–Crippen LogP) is 9.06. The number of fused-ring (bicyclic) bond motifs is 3. The molecule has 2 heterocycles. The first-order chi connectivity index (χ1) is 19.7. The Morgan fingerprint density at radius 1 is 0.775 bits per heavy atom. The lowest BCUT2D eigenvalue weighted by Crippen LogP contribution is -2.04. The molecule has 0 fully saturated rings. The highest BCUT2D eigenvalue weighted by atomic mass is 16.5. The van der Waals surface area contributed by atoms with Crippen molar-refractivity contribution in [3.05, 3.63) is 140 Å². The van der Waals surface area contributed by atoms with Gasteiger partial charge in [-0.3, -0.25) is 4.57 Å². The van der Waals surface area contributed by atoms with E-state index in [-0.39, 0.29) is 0 Å². The second-order valence-corrected chi connectivity index (χ2v) is 9.51. The van der Waals surface area contributed by atoms with Crippen LogP contribution in [0.5, 0.6) is 5.75 Å². The maximum atomic E-state index is 6.13. The Labute approximate surface area is 234 Å². The highest BCUT2D eigenvalue weighted by Gasteiger charge is 2.19. The molecule has 0 bridgehead atoms. The number of aromatic nitrogens is 3. The van der Waals surface area contributed by atoms with Crippen molar-refractivity contribution in [3.8, 4) is 34.2 Å². The fourth-order valence-corrected chi connectivity index (χ4v) is 5.07. The van der Waals surface area contributed by atoms with Gasteiger partial charge in [0.2, 0.25) is 5.95 Å². The number of ether oxygens (including phenoxy) is 1. The van der Waals surface area contributed by atoms with Crippen LogP contribution in [-0.2, 0) is 0 Å². The smallest absolute Gasteiger partial charge is 0.235 e. The van der Waals surface area contributed by atoms with Crippen molar-refractivity contribution in [2.75, 3.05) is 6.61 Å². The first-order valence-corrected chi connectivity index (χ1v) is 13.3. The summed E-state index contributed by atoms with van der Waals surface area (Å²) < 4.78 is 8.27. The summed E-state index contributed by atoms with van der Waals surface area (Å²) in [5.41, 5.74) is 7.57. The Morgan fingerprint density at radius 2 is 1.40 bits per heavy atom. The van der Waals surface area contributed by atoms with E-state index in [4.69, 9.17) is 14.7 Å². The molecule has 0 saturated carbocycles. The molecule has 40 heavy (non-hydrogen) atoms. The molecule has 4 nitrogen and oxygen atoms in total. The van der Waals surface area contributed by atoms with Crippen molar-refractivity contribution in [2.24, 2.45) is 0 Å². The topological polar surface area (TPSA) is 39.9 Å². The second-order valence-electron chi connectivity index (χ2n) is 9.51. The molecule has 6 rings (SSSR count). The zero-order valence-corrected chi connectivity index (χ0v) is 22.4. The molecule has 0 amide bonds. The van der Waals surface area contributed by atoms with Crippen molar-refractivity contribution >= 4 is 27.4 Å². The third-order valence-corrected chi connectivity index (χ3v) is 6.90. The van der Waals surface area contributed by atoms with Crippen molar-refractivity contribution in [3.63, 3.8) is 0 Å². The van der Waals surface area contributed by atoms with Crippen LogP contribution in [0.4, 0.5) is 0 Å². The number of hydrogen-bond donors (Lipinski definition) is 0. The summed E-state index contributed by atoms with van der Waals surface area (Å²) in [5.74, 6) is 1.37. The van der Waals surface area contributed by atoms with Gasteiger partial charge in [-0.05, 0) is 36.8 Å². The van der Waals surface area contributed by atoms with Crippen LogP contribution < -0.4 is 4.74 Å². The Morgan fingerprint density at radius 3 is 2.02 bits per heavy atom. The Bertz CT molecular complexity index is 1820. The molecule has 0 atom stereocenters. The molecule has 0 radical (unpaired) electrons. The highest BCUT2D eigenvalue weighted by molar-refractivity contribution is 6.10. The standard InChI is InChI=1S/C36H29N3O/c1-4-14-25(3)29-22-34-30(23-35(29)40-21-5-2)28-19-12-13-20-33(28)39(34)36-37-31(26-15-8-6-9-16-26)24-32(38-36)27-17-10-7-11-18-27/h4-20,22-24H,2-3,21H2,1H3/b14-4-. The van der Waals surface area contributed by atoms with Gasteiger partial charge in [-0.2, -0.15) is 0 Å².